The smallest absolute Gasteiger partial charge is 0.223 e. The van der Waals surface area contributed by atoms with Crippen molar-refractivity contribution in [1.29, 1.82) is 0 Å². The zero-order valence-electron chi connectivity index (χ0n) is 16.5. The van der Waals surface area contributed by atoms with Gasteiger partial charge in [0.1, 0.15) is 0 Å². The molecule has 0 N–H and O–H groups in total. The average Bonchev–Trinajstić information content (AvgIpc) is 3.26. The molecule has 26 heavy (non-hydrogen) atoms. The minimum absolute atomic E-state index is 0.240. The third-order valence-electron chi connectivity index (χ3n) is 7.80. The van der Waals surface area contributed by atoms with Crippen LogP contribution in [0.5, 0.6) is 0 Å². The largest absolute Gasteiger partial charge is 0.338 e. The lowest BCUT2D eigenvalue weighted by atomic mass is 9.62. The van der Waals surface area contributed by atoms with Crippen LogP contribution in [0.2, 0.25) is 0 Å². The van der Waals surface area contributed by atoms with E-state index in [1.165, 1.54) is 56.9 Å². The highest BCUT2D eigenvalue weighted by atomic mass is 16.2. The lowest BCUT2D eigenvalue weighted by molar-refractivity contribution is -0.128. The van der Waals surface area contributed by atoms with Crippen LogP contribution in [-0.2, 0) is 11.3 Å². The van der Waals surface area contributed by atoms with E-state index in [9.17, 15) is 4.79 Å². The van der Waals surface area contributed by atoms with Gasteiger partial charge in [0.15, 0.2) is 0 Å². The van der Waals surface area contributed by atoms with E-state index in [1.54, 1.807) is 0 Å². The van der Waals surface area contributed by atoms with Crippen molar-refractivity contribution in [1.82, 2.24) is 9.80 Å². The molecule has 3 heteroatoms. The van der Waals surface area contributed by atoms with Crippen LogP contribution in [0.25, 0.3) is 0 Å². The fourth-order valence-electron chi connectivity index (χ4n) is 6.16. The summed E-state index contributed by atoms with van der Waals surface area (Å²) in [7, 11) is 4.58. The van der Waals surface area contributed by atoms with Crippen LogP contribution in [0.4, 0.5) is 0 Å². The number of carbonyl (C=O) groups is 1. The summed E-state index contributed by atoms with van der Waals surface area (Å²) in [6.45, 7) is 1.75. The molecule has 0 radical (unpaired) electrons. The first-order valence-corrected chi connectivity index (χ1v) is 10.5. The molecule has 0 bridgehead atoms. The van der Waals surface area contributed by atoms with Gasteiger partial charge < -0.3 is 9.80 Å². The second kappa shape index (κ2) is 6.99. The predicted molar refractivity (Wildman–Crippen MR) is 106 cm³/mol. The molecule has 1 saturated heterocycles. The molecule has 1 aromatic carbocycles. The second-order valence-electron chi connectivity index (χ2n) is 9.39. The zero-order chi connectivity index (χ0) is 18.2. The highest BCUT2D eigenvalue weighted by molar-refractivity contribution is 5.79. The van der Waals surface area contributed by atoms with Crippen molar-refractivity contribution in [2.24, 2.45) is 11.3 Å². The minimum Gasteiger partial charge on any atom is -0.338 e. The number of nitrogens with zero attached hydrogens (tertiary/aromatic N) is 2. The van der Waals surface area contributed by atoms with Crippen LogP contribution < -0.4 is 0 Å². The Hall–Kier alpha value is -1.35. The van der Waals surface area contributed by atoms with Gasteiger partial charge in [0.05, 0.1) is 0 Å². The summed E-state index contributed by atoms with van der Waals surface area (Å²) < 4.78 is 0. The fourth-order valence-corrected chi connectivity index (χ4v) is 6.16. The minimum atomic E-state index is 0.240. The maximum atomic E-state index is 12.7. The van der Waals surface area contributed by atoms with Crippen molar-refractivity contribution in [3.05, 3.63) is 35.9 Å². The normalized spacial score (nSPS) is 32.9. The summed E-state index contributed by atoms with van der Waals surface area (Å²) in [5.74, 6) is 1.24. The van der Waals surface area contributed by atoms with Gasteiger partial charge in [-0.3, -0.25) is 4.79 Å². The van der Waals surface area contributed by atoms with E-state index in [4.69, 9.17) is 0 Å². The summed E-state index contributed by atoms with van der Waals surface area (Å²) in [6.07, 6.45) is 11.4. The van der Waals surface area contributed by atoms with Crippen LogP contribution >= 0.6 is 0 Å². The molecular formula is C23H34N2O. The molecule has 0 aromatic heterocycles. The topological polar surface area (TPSA) is 23.6 Å². The monoisotopic (exact) mass is 354 g/mol. The number of benzene rings is 1. The summed E-state index contributed by atoms with van der Waals surface area (Å²) in [4.78, 5) is 17.4. The lowest BCUT2D eigenvalue weighted by Crippen LogP contribution is -2.54. The molecule has 3 nitrogen and oxygen atoms in total. The quantitative estimate of drug-likeness (QED) is 0.796. The van der Waals surface area contributed by atoms with Crippen LogP contribution in [0.1, 0.15) is 63.4 Å². The van der Waals surface area contributed by atoms with Crippen molar-refractivity contribution < 1.29 is 4.79 Å². The van der Waals surface area contributed by atoms with Crippen LogP contribution in [0.15, 0.2) is 30.3 Å². The molecule has 1 amide bonds. The first kappa shape index (κ1) is 18.0. The SMILES string of the molecule is CN(C)C1(C2CCCC2)CCC2(CC1)CC(=O)N(Cc1ccccc1)C2. The number of hydrogen-bond acceptors (Lipinski definition) is 2. The number of hydrogen-bond donors (Lipinski definition) is 0. The molecule has 2 aliphatic carbocycles. The zero-order valence-corrected chi connectivity index (χ0v) is 16.5. The summed E-state index contributed by atoms with van der Waals surface area (Å²) in [5, 5.41) is 0. The van der Waals surface area contributed by atoms with Gasteiger partial charge in [-0.1, -0.05) is 43.2 Å². The van der Waals surface area contributed by atoms with E-state index in [0.29, 0.717) is 11.4 Å². The third-order valence-corrected chi connectivity index (χ3v) is 7.80. The van der Waals surface area contributed by atoms with Crippen molar-refractivity contribution in [2.75, 3.05) is 20.6 Å². The van der Waals surface area contributed by atoms with Crippen molar-refractivity contribution in [3.8, 4) is 0 Å². The molecule has 1 aromatic rings. The van der Waals surface area contributed by atoms with E-state index < -0.39 is 0 Å². The van der Waals surface area contributed by atoms with Crippen molar-refractivity contribution in [2.45, 2.75) is 69.9 Å². The molecule has 2 saturated carbocycles. The van der Waals surface area contributed by atoms with Crippen LogP contribution in [0.3, 0.4) is 0 Å². The molecule has 0 atom stereocenters. The standard InChI is InChI=1S/C23H34N2O/c1-24(2)23(20-10-6-7-11-20)14-12-22(13-15-23)16-21(26)25(18-22)17-19-8-4-3-5-9-19/h3-5,8-9,20H,6-7,10-18H2,1-2H3. The molecule has 3 fully saturated rings. The van der Waals surface area contributed by atoms with Gasteiger partial charge in [0.2, 0.25) is 5.91 Å². The Morgan fingerprint density at radius 2 is 1.69 bits per heavy atom. The summed E-state index contributed by atoms with van der Waals surface area (Å²) in [6, 6.07) is 10.5. The van der Waals surface area contributed by atoms with E-state index in [1.807, 2.05) is 6.07 Å². The Balaban J connectivity index is 1.44. The molecule has 1 spiro atoms. The first-order valence-electron chi connectivity index (χ1n) is 10.5. The molecule has 4 rings (SSSR count). The average molecular weight is 355 g/mol. The fraction of sp³-hybridized carbons (Fsp3) is 0.696. The second-order valence-corrected chi connectivity index (χ2v) is 9.39. The van der Waals surface area contributed by atoms with E-state index in [0.717, 1.165) is 25.4 Å². The Bertz CT molecular complexity index is 625. The van der Waals surface area contributed by atoms with Gasteiger partial charge in [-0.15, -0.1) is 0 Å². The Morgan fingerprint density at radius 1 is 1.04 bits per heavy atom. The molecule has 1 aliphatic heterocycles. The maximum Gasteiger partial charge on any atom is 0.223 e. The highest BCUT2D eigenvalue weighted by Crippen LogP contribution is 2.53. The third kappa shape index (κ3) is 3.19. The first-order chi connectivity index (χ1) is 12.5. The number of likely N-dealkylation sites (tertiary alicyclic amines) is 1. The number of rotatable bonds is 4. The van der Waals surface area contributed by atoms with Gasteiger partial charge in [-0.05, 0) is 69.5 Å². The van der Waals surface area contributed by atoms with Gasteiger partial charge in [0, 0.05) is 25.0 Å². The van der Waals surface area contributed by atoms with E-state index in [-0.39, 0.29) is 5.41 Å². The van der Waals surface area contributed by atoms with E-state index in [2.05, 4.69) is 48.2 Å². The van der Waals surface area contributed by atoms with Gasteiger partial charge >= 0.3 is 0 Å². The Morgan fingerprint density at radius 3 is 2.31 bits per heavy atom. The molecule has 142 valence electrons. The number of carbonyl (C=O) groups excluding carboxylic acids is 1. The predicted octanol–water partition coefficient (Wildman–Crippen LogP) is 4.47. The summed E-state index contributed by atoms with van der Waals surface area (Å²) in [5.41, 5.74) is 1.88. The lowest BCUT2D eigenvalue weighted by Gasteiger charge is -2.52. The highest BCUT2D eigenvalue weighted by Gasteiger charge is 2.52. The molecule has 0 unspecified atom stereocenters. The molecular weight excluding hydrogens is 320 g/mol. The number of amides is 1. The molecule has 1 heterocycles. The van der Waals surface area contributed by atoms with Crippen LogP contribution in [0, 0.1) is 11.3 Å². The van der Waals surface area contributed by atoms with Gasteiger partial charge in [0.25, 0.3) is 0 Å². The van der Waals surface area contributed by atoms with Crippen LogP contribution in [-0.4, -0.2) is 41.9 Å². The van der Waals surface area contributed by atoms with Gasteiger partial charge in [-0.2, -0.15) is 0 Å². The maximum absolute atomic E-state index is 12.7. The van der Waals surface area contributed by atoms with E-state index >= 15 is 0 Å². The Kier molecular flexibility index (Phi) is 4.85. The van der Waals surface area contributed by atoms with Crippen molar-refractivity contribution in [3.63, 3.8) is 0 Å². The Labute approximate surface area is 158 Å². The summed E-state index contributed by atoms with van der Waals surface area (Å²) >= 11 is 0. The molecule has 3 aliphatic rings. The van der Waals surface area contributed by atoms with Crippen molar-refractivity contribution >= 4 is 5.91 Å². The van der Waals surface area contributed by atoms with Gasteiger partial charge in [-0.25, -0.2) is 0 Å².